The van der Waals surface area contributed by atoms with Gasteiger partial charge in [-0.3, -0.25) is 0 Å². The molecule has 1 aromatic rings. The molecule has 6 heteroatoms. The van der Waals surface area contributed by atoms with Crippen molar-refractivity contribution in [3.05, 3.63) is 28.2 Å². The molecular weight excluding hydrogens is 310 g/mol. The van der Waals surface area contributed by atoms with E-state index in [2.05, 4.69) is 26.6 Å². The third kappa shape index (κ3) is 4.55. The molecule has 0 fully saturated rings. The first-order valence-corrected chi connectivity index (χ1v) is 6.29. The molecule has 0 saturated heterocycles. The molecule has 1 rings (SSSR count). The molecule has 0 aliphatic rings. The van der Waals surface area contributed by atoms with Crippen molar-refractivity contribution in [2.24, 2.45) is 5.92 Å². The van der Waals surface area contributed by atoms with Gasteiger partial charge in [0.2, 0.25) is 0 Å². The van der Waals surface area contributed by atoms with Gasteiger partial charge in [0.1, 0.15) is 11.6 Å². The molecule has 94 valence electrons. The summed E-state index contributed by atoms with van der Waals surface area (Å²) in [6.45, 7) is 4.76. The van der Waals surface area contributed by atoms with E-state index in [1.165, 1.54) is 6.07 Å². The number of halogens is 3. The van der Waals surface area contributed by atoms with Crippen molar-refractivity contribution in [2.45, 2.75) is 13.8 Å². The van der Waals surface area contributed by atoms with E-state index in [0.717, 1.165) is 6.07 Å². The van der Waals surface area contributed by atoms with Crippen LogP contribution in [0.25, 0.3) is 0 Å². The van der Waals surface area contributed by atoms with E-state index in [-0.39, 0.29) is 10.2 Å². The van der Waals surface area contributed by atoms with Crippen molar-refractivity contribution in [1.29, 1.82) is 0 Å². The normalized spacial score (nSPS) is 10.5. The topological polar surface area (TPSA) is 24.1 Å². The summed E-state index contributed by atoms with van der Waals surface area (Å²) >= 11 is 7.98. The number of thiocarbonyl (C=S) groups is 1. The van der Waals surface area contributed by atoms with Crippen LogP contribution < -0.4 is 10.6 Å². The van der Waals surface area contributed by atoms with Crippen LogP contribution in [0, 0.1) is 17.6 Å². The number of hydrogen-bond acceptors (Lipinski definition) is 1. The number of hydrogen-bond donors (Lipinski definition) is 2. The summed E-state index contributed by atoms with van der Waals surface area (Å²) in [7, 11) is 0. The van der Waals surface area contributed by atoms with Crippen molar-refractivity contribution in [3.63, 3.8) is 0 Å². The van der Waals surface area contributed by atoms with Gasteiger partial charge in [0.05, 0.1) is 10.2 Å². The van der Waals surface area contributed by atoms with Gasteiger partial charge in [-0.1, -0.05) is 13.8 Å². The van der Waals surface area contributed by atoms with Crippen LogP contribution in [0.3, 0.4) is 0 Å². The largest absolute Gasteiger partial charge is 0.362 e. The van der Waals surface area contributed by atoms with Gasteiger partial charge in [-0.2, -0.15) is 0 Å². The van der Waals surface area contributed by atoms with Gasteiger partial charge in [0.25, 0.3) is 0 Å². The van der Waals surface area contributed by atoms with E-state index in [4.69, 9.17) is 12.2 Å². The van der Waals surface area contributed by atoms with Crippen molar-refractivity contribution in [2.75, 3.05) is 11.9 Å². The minimum atomic E-state index is -0.681. The predicted octanol–water partition coefficient (Wildman–Crippen LogP) is 3.67. The summed E-state index contributed by atoms with van der Waals surface area (Å²) in [6.07, 6.45) is 0. The second kappa shape index (κ2) is 6.26. The third-order valence-corrected chi connectivity index (χ3v) is 2.78. The van der Waals surface area contributed by atoms with E-state index in [0.29, 0.717) is 17.6 Å². The molecule has 17 heavy (non-hydrogen) atoms. The van der Waals surface area contributed by atoms with E-state index < -0.39 is 11.6 Å². The molecular formula is C11H13BrF2N2S. The molecule has 0 aliphatic carbocycles. The third-order valence-electron chi connectivity index (χ3n) is 1.93. The minimum absolute atomic E-state index is 0.138. The molecule has 0 aromatic heterocycles. The lowest BCUT2D eigenvalue weighted by molar-refractivity contribution is 0.581. The van der Waals surface area contributed by atoms with Crippen LogP contribution in [0.15, 0.2) is 16.6 Å². The van der Waals surface area contributed by atoms with Gasteiger partial charge >= 0.3 is 0 Å². The monoisotopic (exact) mass is 322 g/mol. The second-order valence-electron chi connectivity index (χ2n) is 3.98. The highest BCUT2D eigenvalue weighted by Gasteiger charge is 2.09. The zero-order valence-corrected chi connectivity index (χ0v) is 11.9. The van der Waals surface area contributed by atoms with Gasteiger partial charge in [-0.05, 0) is 40.1 Å². The molecule has 0 aliphatic heterocycles. The second-order valence-corrected chi connectivity index (χ2v) is 5.24. The van der Waals surface area contributed by atoms with Gasteiger partial charge < -0.3 is 10.6 Å². The summed E-state index contributed by atoms with van der Waals surface area (Å²) in [5.74, 6) is -0.895. The zero-order chi connectivity index (χ0) is 13.0. The lowest BCUT2D eigenvalue weighted by Crippen LogP contribution is -2.31. The van der Waals surface area contributed by atoms with E-state index >= 15 is 0 Å². The first-order chi connectivity index (χ1) is 7.90. The number of nitrogens with one attached hydrogen (secondary N) is 2. The molecule has 2 nitrogen and oxygen atoms in total. The van der Waals surface area contributed by atoms with Crippen LogP contribution in [0.1, 0.15) is 13.8 Å². The van der Waals surface area contributed by atoms with Gasteiger partial charge in [0.15, 0.2) is 5.11 Å². The average molecular weight is 323 g/mol. The zero-order valence-electron chi connectivity index (χ0n) is 9.48. The fourth-order valence-corrected chi connectivity index (χ4v) is 1.62. The molecule has 0 amide bonds. The summed E-state index contributed by atoms with van der Waals surface area (Å²) in [5.41, 5.74) is 0.138. The Labute approximate surface area is 113 Å². The fraction of sp³-hybridized carbons (Fsp3) is 0.364. The van der Waals surface area contributed by atoms with E-state index in [1.54, 1.807) is 0 Å². The van der Waals surface area contributed by atoms with Crippen LogP contribution in [0.2, 0.25) is 0 Å². The maximum atomic E-state index is 13.4. The van der Waals surface area contributed by atoms with E-state index in [1.807, 2.05) is 13.8 Å². The predicted molar refractivity (Wildman–Crippen MR) is 73.1 cm³/mol. The maximum Gasteiger partial charge on any atom is 0.170 e. The molecule has 0 heterocycles. The molecule has 1 aromatic carbocycles. The summed E-state index contributed by atoms with van der Waals surface area (Å²) in [5, 5.41) is 5.93. The Balaban J connectivity index is 2.68. The molecule has 0 spiro atoms. The lowest BCUT2D eigenvalue weighted by atomic mass is 10.2. The lowest BCUT2D eigenvalue weighted by Gasteiger charge is -2.13. The van der Waals surface area contributed by atoms with Crippen LogP contribution >= 0.6 is 28.1 Å². The average Bonchev–Trinajstić information content (AvgIpc) is 2.23. The molecule has 0 unspecified atom stereocenters. The van der Waals surface area contributed by atoms with Crippen molar-refractivity contribution in [1.82, 2.24) is 5.32 Å². The highest BCUT2D eigenvalue weighted by Crippen LogP contribution is 2.23. The molecule has 2 N–H and O–H groups in total. The van der Waals surface area contributed by atoms with Gasteiger partial charge in [-0.25, -0.2) is 8.78 Å². The summed E-state index contributed by atoms with van der Waals surface area (Å²) < 4.78 is 26.6. The first kappa shape index (κ1) is 14.3. The van der Waals surface area contributed by atoms with Crippen molar-refractivity contribution in [3.8, 4) is 0 Å². The molecule has 0 saturated carbocycles. The number of benzene rings is 1. The maximum absolute atomic E-state index is 13.4. The van der Waals surface area contributed by atoms with Gasteiger partial charge in [0, 0.05) is 12.6 Å². The number of anilines is 1. The van der Waals surface area contributed by atoms with Crippen molar-refractivity contribution < 1.29 is 8.78 Å². The molecule has 0 atom stereocenters. The molecule has 0 radical (unpaired) electrons. The molecule has 0 bridgehead atoms. The number of rotatable bonds is 3. The standard InChI is InChI=1S/C11H13BrF2N2S/c1-6(2)5-15-11(17)16-10-3-7(12)8(13)4-9(10)14/h3-4,6H,5H2,1-2H3,(H2,15,16,17). The fourth-order valence-electron chi connectivity index (χ4n) is 1.08. The summed E-state index contributed by atoms with van der Waals surface area (Å²) in [4.78, 5) is 0. The highest BCUT2D eigenvalue weighted by molar-refractivity contribution is 9.10. The Hall–Kier alpha value is -0.750. The van der Waals surface area contributed by atoms with Crippen LogP contribution in [0.4, 0.5) is 14.5 Å². The van der Waals surface area contributed by atoms with E-state index in [9.17, 15) is 8.78 Å². The Kier molecular flexibility index (Phi) is 5.27. The van der Waals surface area contributed by atoms with Crippen molar-refractivity contribution >= 4 is 38.9 Å². The Morgan fingerprint density at radius 3 is 2.59 bits per heavy atom. The first-order valence-electron chi connectivity index (χ1n) is 5.09. The van der Waals surface area contributed by atoms with Gasteiger partial charge in [-0.15, -0.1) is 0 Å². The Morgan fingerprint density at radius 2 is 2.00 bits per heavy atom. The smallest absolute Gasteiger partial charge is 0.170 e. The Morgan fingerprint density at radius 1 is 1.35 bits per heavy atom. The van der Waals surface area contributed by atoms with Crippen LogP contribution in [0.5, 0.6) is 0 Å². The summed E-state index contributed by atoms with van der Waals surface area (Å²) in [6, 6.07) is 2.12. The van der Waals surface area contributed by atoms with Crippen LogP contribution in [-0.4, -0.2) is 11.7 Å². The minimum Gasteiger partial charge on any atom is -0.362 e. The Bertz CT molecular complexity index is 424. The SMILES string of the molecule is CC(C)CNC(=S)Nc1cc(Br)c(F)cc1F. The van der Waals surface area contributed by atoms with Crippen LogP contribution in [-0.2, 0) is 0 Å². The highest BCUT2D eigenvalue weighted by atomic mass is 79.9. The quantitative estimate of drug-likeness (QED) is 0.656.